The molecule has 1 aromatic heterocycles. The smallest absolute Gasteiger partial charge is 0.227 e. The number of rotatable bonds is 5. The highest BCUT2D eigenvalue weighted by Gasteiger charge is 2.43. The van der Waals surface area contributed by atoms with Gasteiger partial charge in [0.1, 0.15) is 0 Å². The summed E-state index contributed by atoms with van der Waals surface area (Å²) in [4.78, 5) is 32.4. The van der Waals surface area contributed by atoms with E-state index in [1.165, 1.54) is 0 Å². The monoisotopic (exact) mass is 421 g/mol. The van der Waals surface area contributed by atoms with Gasteiger partial charge < -0.3 is 10.2 Å². The maximum Gasteiger partial charge on any atom is 0.227 e. The SMILES string of the molecule is CC(C)NC(=O)C1(Cc2ccccc2-c2cccnc2)CCN(C(=O)C(C)(C)C)CC1. The third kappa shape index (κ3) is 5.33. The fraction of sp³-hybridized carbons (Fsp3) is 0.500. The van der Waals surface area contributed by atoms with Crippen molar-refractivity contribution in [3.8, 4) is 11.1 Å². The first-order valence-corrected chi connectivity index (χ1v) is 11.2. The molecule has 3 rings (SSSR count). The average molecular weight is 422 g/mol. The van der Waals surface area contributed by atoms with Crippen LogP contribution in [0.15, 0.2) is 48.8 Å². The van der Waals surface area contributed by atoms with Crippen LogP contribution in [-0.4, -0.2) is 40.8 Å². The van der Waals surface area contributed by atoms with Gasteiger partial charge >= 0.3 is 0 Å². The lowest BCUT2D eigenvalue weighted by Gasteiger charge is -2.43. The normalized spacial score (nSPS) is 16.3. The minimum Gasteiger partial charge on any atom is -0.353 e. The summed E-state index contributed by atoms with van der Waals surface area (Å²) < 4.78 is 0. The predicted octanol–water partition coefficient (Wildman–Crippen LogP) is 4.47. The van der Waals surface area contributed by atoms with E-state index in [4.69, 9.17) is 0 Å². The van der Waals surface area contributed by atoms with E-state index in [0.717, 1.165) is 16.7 Å². The molecular formula is C26H35N3O2. The molecule has 5 heteroatoms. The number of amides is 2. The molecule has 5 nitrogen and oxygen atoms in total. The average Bonchev–Trinajstić information content (AvgIpc) is 2.73. The van der Waals surface area contributed by atoms with E-state index in [9.17, 15) is 9.59 Å². The van der Waals surface area contributed by atoms with Crippen molar-refractivity contribution in [2.75, 3.05) is 13.1 Å². The van der Waals surface area contributed by atoms with Gasteiger partial charge in [0.25, 0.3) is 0 Å². The van der Waals surface area contributed by atoms with Crippen molar-refractivity contribution in [2.24, 2.45) is 10.8 Å². The van der Waals surface area contributed by atoms with Crippen molar-refractivity contribution in [3.63, 3.8) is 0 Å². The Morgan fingerprint density at radius 3 is 2.35 bits per heavy atom. The van der Waals surface area contributed by atoms with Gasteiger partial charge in [-0.2, -0.15) is 0 Å². The number of benzene rings is 1. The molecule has 1 aromatic carbocycles. The fourth-order valence-electron chi connectivity index (χ4n) is 4.35. The molecule has 1 fully saturated rings. The van der Waals surface area contributed by atoms with Crippen molar-refractivity contribution in [2.45, 2.75) is 59.9 Å². The molecule has 2 amide bonds. The summed E-state index contributed by atoms with van der Waals surface area (Å²) in [5.41, 5.74) is 2.37. The first-order valence-electron chi connectivity index (χ1n) is 11.2. The summed E-state index contributed by atoms with van der Waals surface area (Å²) in [5.74, 6) is 0.243. The lowest BCUT2D eigenvalue weighted by molar-refractivity contribution is -0.146. The maximum atomic E-state index is 13.4. The third-order valence-electron chi connectivity index (χ3n) is 6.07. The van der Waals surface area contributed by atoms with Gasteiger partial charge in [0.05, 0.1) is 5.41 Å². The zero-order chi connectivity index (χ0) is 22.6. The third-order valence-corrected chi connectivity index (χ3v) is 6.07. The van der Waals surface area contributed by atoms with Gasteiger partial charge in [0, 0.05) is 42.5 Å². The Kier molecular flexibility index (Phi) is 6.83. The molecule has 0 unspecified atom stereocenters. The highest BCUT2D eigenvalue weighted by Crippen LogP contribution is 2.39. The van der Waals surface area contributed by atoms with Crippen LogP contribution in [0.4, 0.5) is 0 Å². The zero-order valence-corrected chi connectivity index (χ0v) is 19.4. The molecule has 0 radical (unpaired) electrons. The molecule has 1 N–H and O–H groups in total. The first-order chi connectivity index (χ1) is 14.6. The number of carbonyl (C=O) groups excluding carboxylic acids is 2. The molecular weight excluding hydrogens is 386 g/mol. The molecule has 31 heavy (non-hydrogen) atoms. The molecule has 0 atom stereocenters. The minimum atomic E-state index is -0.531. The molecule has 1 saturated heterocycles. The molecule has 0 saturated carbocycles. The van der Waals surface area contributed by atoms with Gasteiger partial charge in [-0.1, -0.05) is 51.1 Å². The Labute approximate surface area is 186 Å². The standard InChI is InChI=1S/C26H35N3O2/c1-19(2)28-23(30)26(12-15-29(16-13-26)24(31)25(3,4)5)17-20-9-6-7-11-22(20)21-10-8-14-27-18-21/h6-11,14,18-19H,12-13,15-17H2,1-5H3,(H,28,30). The van der Waals surface area contributed by atoms with Gasteiger partial charge in [-0.3, -0.25) is 14.6 Å². The lowest BCUT2D eigenvalue weighted by atomic mass is 9.71. The van der Waals surface area contributed by atoms with Crippen molar-refractivity contribution in [3.05, 3.63) is 54.4 Å². The summed E-state index contributed by atoms with van der Waals surface area (Å²) in [6.07, 6.45) is 5.60. The number of carbonyl (C=O) groups is 2. The van der Waals surface area contributed by atoms with Crippen LogP contribution in [-0.2, 0) is 16.0 Å². The molecule has 0 aliphatic carbocycles. The second-order valence-corrected chi connectivity index (χ2v) is 10.0. The van der Waals surface area contributed by atoms with E-state index in [2.05, 4.69) is 28.5 Å². The van der Waals surface area contributed by atoms with Gasteiger partial charge in [-0.15, -0.1) is 0 Å². The molecule has 166 valence electrons. The van der Waals surface area contributed by atoms with Crippen molar-refractivity contribution < 1.29 is 9.59 Å². The van der Waals surface area contributed by atoms with Crippen LogP contribution in [0.25, 0.3) is 11.1 Å². The number of aromatic nitrogens is 1. The van der Waals surface area contributed by atoms with E-state index in [1.54, 1.807) is 6.20 Å². The van der Waals surface area contributed by atoms with Crippen LogP contribution in [0.3, 0.4) is 0 Å². The van der Waals surface area contributed by atoms with Gasteiger partial charge in [0.2, 0.25) is 11.8 Å². The fourth-order valence-corrected chi connectivity index (χ4v) is 4.35. The van der Waals surface area contributed by atoms with Crippen LogP contribution >= 0.6 is 0 Å². The van der Waals surface area contributed by atoms with Gasteiger partial charge in [-0.25, -0.2) is 0 Å². The first kappa shape index (κ1) is 23.0. The van der Waals surface area contributed by atoms with E-state index in [1.807, 2.05) is 63.9 Å². The zero-order valence-electron chi connectivity index (χ0n) is 19.4. The topological polar surface area (TPSA) is 62.3 Å². The van der Waals surface area contributed by atoms with E-state index in [-0.39, 0.29) is 17.9 Å². The minimum absolute atomic E-state index is 0.0761. The number of hydrogen-bond donors (Lipinski definition) is 1. The van der Waals surface area contributed by atoms with E-state index >= 15 is 0 Å². The van der Waals surface area contributed by atoms with Crippen molar-refractivity contribution in [1.82, 2.24) is 15.2 Å². The molecule has 0 bridgehead atoms. The molecule has 2 heterocycles. The van der Waals surface area contributed by atoms with Crippen LogP contribution in [0, 0.1) is 10.8 Å². The predicted molar refractivity (Wildman–Crippen MR) is 124 cm³/mol. The molecule has 1 aliphatic heterocycles. The molecule has 0 spiro atoms. The second-order valence-electron chi connectivity index (χ2n) is 10.0. The van der Waals surface area contributed by atoms with Crippen LogP contribution in [0.1, 0.15) is 53.0 Å². The van der Waals surface area contributed by atoms with Gasteiger partial charge in [0.15, 0.2) is 0 Å². The second kappa shape index (κ2) is 9.21. The van der Waals surface area contributed by atoms with Crippen molar-refractivity contribution in [1.29, 1.82) is 0 Å². The Morgan fingerprint density at radius 1 is 1.10 bits per heavy atom. The number of pyridine rings is 1. The van der Waals surface area contributed by atoms with E-state index < -0.39 is 10.8 Å². The summed E-state index contributed by atoms with van der Waals surface area (Å²) in [6.45, 7) is 11.1. The highest BCUT2D eigenvalue weighted by molar-refractivity contribution is 5.85. The Hall–Kier alpha value is -2.69. The molecule has 2 aromatic rings. The van der Waals surface area contributed by atoms with Crippen LogP contribution < -0.4 is 5.32 Å². The summed E-state index contributed by atoms with van der Waals surface area (Å²) >= 11 is 0. The van der Waals surface area contributed by atoms with Crippen LogP contribution in [0.2, 0.25) is 0 Å². The maximum absolute atomic E-state index is 13.4. The largest absolute Gasteiger partial charge is 0.353 e. The number of nitrogens with zero attached hydrogens (tertiary/aromatic N) is 2. The van der Waals surface area contributed by atoms with Crippen molar-refractivity contribution >= 4 is 11.8 Å². The lowest BCUT2D eigenvalue weighted by Crippen LogP contribution is -2.53. The summed E-state index contributed by atoms with van der Waals surface area (Å²) in [5, 5.41) is 3.15. The highest BCUT2D eigenvalue weighted by atomic mass is 16.2. The number of likely N-dealkylation sites (tertiary alicyclic amines) is 1. The number of hydrogen-bond acceptors (Lipinski definition) is 3. The molecule has 1 aliphatic rings. The Morgan fingerprint density at radius 2 is 1.77 bits per heavy atom. The van der Waals surface area contributed by atoms with Crippen LogP contribution in [0.5, 0.6) is 0 Å². The van der Waals surface area contributed by atoms with E-state index in [0.29, 0.717) is 32.4 Å². The Bertz CT molecular complexity index is 908. The number of nitrogens with one attached hydrogen (secondary N) is 1. The van der Waals surface area contributed by atoms with Gasteiger partial charge in [-0.05, 0) is 50.3 Å². The quantitative estimate of drug-likeness (QED) is 0.775. The summed E-state index contributed by atoms with van der Waals surface area (Å²) in [6, 6.07) is 12.3. The number of piperidine rings is 1. The Balaban J connectivity index is 1.91. The summed E-state index contributed by atoms with van der Waals surface area (Å²) in [7, 11) is 0.